The van der Waals surface area contributed by atoms with Gasteiger partial charge in [-0.05, 0) is 39.1 Å². The van der Waals surface area contributed by atoms with E-state index in [-0.39, 0.29) is 6.10 Å². The highest BCUT2D eigenvalue weighted by atomic mass is 16.5. The Hall–Kier alpha value is -1.69. The van der Waals surface area contributed by atoms with Crippen molar-refractivity contribution in [1.82, 2.24) is 20.0 Å². The van der Waals surface area contributed by atoms with Crippen LogP contribution in [0.25, 0.3) is 0 Å². The molecule has 25 heavy (non-hydrogen) atoms. The van der Waals surface area contributed by atoms with E-state index in [0.29, 0.717) is 18.0 Å². The molecule has 1 aliphatic rings. The van der Waals surface area contributed by atoms with Gasteiger partial charge in [-0.2, -0.15) is 5.10 Å². The number of nitrogens with one attached hydrogen (secondary N) is 1. The summed E-state index contributed by atoms with van der Waals surface area (Å²) in [7, 11) is 6.28. The molecular weight excluding hydrogens is 312 g/mol. The van der Waals surface area contributed by atoms with E-state index in [4.69, 9.17) is 4.74 Å². The van der Waals surface area contributed by atoms with E-state index in [1.165, 1.54) is 11.3 Å². The lowest BCUT2D eigenvalue weighted by molar-refractivity contribution is 0.0822. The van der Waals surface area contributed by atoms with Crippen molar-refractivity contribution in [2.75, 3.05) is 27.2 Å². The molecule has 5 heteroatoms. The minimum absolute atomic E-state index is 0.140. The Morgan fingerprint density at radius 3 is 2.68 bits per heavy atom. The van der Waals surface area contributed by atoms with Gasteiger partial charge in [0.05, 0.1) is 5.69 Å². The molecule has 0 bridgehead atoms. The van der Waals surface area contributed by atoms with E-state index in [9.17, 15) is 0 Å². The van der Waals surface area contributed by atoms with Gasteiger partial charge in [-0.1, -0.05) is 30.3 Å². The van der Waals surface area contributed by atoms with E-state index in [1.807, 2.05) is 17.9 Å². The average molecular weight is 342 g/mol. The largest absolute Gasteiger partial charge is 0.372 e. The molecule has 1 aromatic carbocycles. The van der Waals surface area contributed by atoms with Crippen LogP contribution < -0.4 is 5.32 Å². The number of benzene rings is 1. The number of aryl methyl sites for hydroxylation is 1. The summed E-state index contributed by atoms with van der Waals surface area (Å²) in [6.07, 6.45) is 3.08. The van der Waals surface area contributed by atoms with Gasteiger partial charge in [0.15, 0.2) is 0 Å². The van der Waals surface area contributed by atoms with Gasteiger partial charge in [0.1, 0.15) is 6.10 Å². The van der Waals surface area contributed by atoms with E-state index >= 15 is 0 Å². The van der Waals surface area contributed by atoms with Crippen LogP contribution in [0.2, 0.25) is 0 Å². The van der Waals surface area contributed by atoms with Gasteiger partial charge in [-0.15, -0.1) is 0 Å². The highest BCUT2D eigenvalue weighted by molar-refractivity contribution is 5.20. The highest BCUT2D eigenvalue weighted by Crippen LogP contribution is 2.34. The Morgan fingerprint density at radius 1 is 1.28 bits per heavy atom. The quantitative estimate of drug-likeness (QED) is 0.840. The Kier molecular flexibility index (Phi) is 5.89. The molecule has 1 saturated heterocycles. The summed E-state index contributed by atoms with van der Waals surface area (Å²) in [4.78, 5) is 2.29. The van der Waals surface area contributed by atoms with Gasteiger partial charge >= 0.3 is 0 Å². The van der Waals surface area contributed by atoms with Gasteiger partial charge < -0.3 is 15.0 Å². The molecule has 4 atom stereocenters. The van der Waals surface area contributed by atoms with Crippen LogP contribution in [0, 0.1) is 5.92 Å². The van der Waals surface area contributed by atoms with Gasteiger partial charge in [0.25, 0.3) is 0 Å². The maximum atomic E-state index is 6.00. The monoisotopic (exact) mass is 342 g/mol. The van der Waals surface area contributed by atoms with Crippen LogP contribution in [0.4, 0.5) is 0 Å². The first kappa shape index (κ1) is 18.1. The van der Waals surface area contributed by atoms with Crippen molar-refractivity contribution in [2.24, 2.45) is 13.0 Å². The summed E-state index contributed by atoms with van der Waals surface area (Å²) in [6, 6.07) is 13.5. The molecule has 0 aliphatic carbocycles. The van der Waals surface area contributed by atoms with Gasteiger partial charge in [-0.25, -0.2) is 0 Å². The highest BCUT2D eigenvalue weighted by Gasteiger charge is 2.32. The van der Waals surface area contributed by atoms with Crippen molar-refractivity contribution in [3.8, 4) is 0 Å². The fraction of sp³-hybridized carbons (Fsp3) is 0.550. The maximum Gasteiger partial charge on any atom is 0.103 e. The van der Waals surface area contributed by atoms with Crippen LogP contribution >= 0.6 is 0 Å². The lowest BCUT2D eigenvalue weighted by atomic mass is 9.96. The summed E-state index contributed by atoms with van der Waals surface area (Å²) >= 11 is 0. The molecule has 1 N–H and O–H groups in total. The van der Waals surface area contributed by atoms with Crippen LogP contribution in [-0.4, -0.2) is 48.0 Å². The van der Waals surface area contributed by atoms with E-state index < -0.39 is 0 Å². The Morgan fingerprint density at radius 2 is 2.04 bits per heavy atom. The van der Waals surface area contributed by atoms with Crippen LogP contribution in [0.3, 0.4) is 0 Å². The number of nitrogens with zero attached hydrogens (tertiary/aromatic N) is 3. The lowest BCUT2D eigenvalue weighted by Gasteiger charge is -2.32. The van der Waals surface area contributed by atoms with Gasteiger partial charge in [0, 0.05) is 44.4 Å². The topological polar surface area (TPSA) is 42.3 Å². The second-order valence-corrected chi connectivity index (χ2v) is 7.24. The summed E-state index contributed by atoms with van der Waals surface area (Å²) < 4.78 is 7.93. The van der Waals surface area contributed by atoms with Gasteiger partial charge in [0.2, 0.25) is 0 Å². The van der Waals surface area contributed by atoms with Crippen molar-refractivity contribution in [2.45, 2.75) is 31.5 Å². The lowest BCUT2D eigenvalue weighted by Crippen LogP contribution is -2.41. The standard InChI is InChI=1S/C20H30N4O/c1-15(19(23(2)3)16-8-6-5-7-9-16)21-14-17-11-13-25-20(17)18-10-12-22-24(18)4/h5-10,12,15,17,19-21H,11,13-14H2,1-4H3/t15?,17-,19?,20+/m0/s1. The van der Waals surface area contributed by atoms with Crippen molar-refractivity contribution in [3.63, 3.8) is 0 Å². The fourth-order valence-electron chi connectivity index (χ4n) is 3.97. The molecule has 136 valence electrons. The molecule has 0 amide bonds. The first-order valence-electron chi connectivity index (χ1n) is 9.12. The van der Waals surface area contributed by atoms with Crippen LogP contribution in [0.1, 0.15) is 36.7 Å². The summed E-state index contributed by atoms with van der Waals surface area (Å²) in [5, 5.41) is 8.06. The normalized spacial score (nSPS) is 23.1. The number of aromatic nitrogens is 2. The Balaban J connectivity index is 1.64. The van der Waals surface area contributed by atoms with Crippen molar-refractivity contribution >= 4 is 0 Å². The number of hydrogen-bond donors (Lipinski definition) is 1. The first-order chi connectivity index (χ1) is 12.1. The maximum absolute atomic E-state index is 6.00. The van der Waals surface area contributed by atoms with Crippen LogP contribution in [0.5, 0.6) is 0 Å². The second kappa shape index (κ2) is 8.13. The molecule has 1 aliphatic heterocycles. The zero-order valence-corrected chi connectivity index (χ0v) is 15.7. The third-order valence-electron chi connectivity index (χ3n) is 5.24. The minimum atomic E-state index is 0.140. The smallest absolute Gasteiger partial charge is 0.103 e. The number of likely N-dealkylation sites (N-methyl/N-ethyl adjacent to an activating group) is 1. The molecule has 3 rings (SSSR count). The summed E-state index contributed by atoms with van der Waals surface area (Å²) in [5.74, 6) is 0.483. The SMILES string of the molecule is CC(NC[C@@H]1CCO[C@H]1c1ccnn1C)C(c1ccccc1)N(C)C. The molecule has 0 radical (unpaired) electrons. The molecule has 2 unspecified atom stereocenters. The molecule has 1 aromatic heterocycles. The zero-order valence-electron chi connectivity index (χ0n) is 15.7. The van der Waals surface area contributed by atoms with Crippen molar-refractivity contribution in [1.29, 1.82) is 0 Å². The molecule has 1 fully saturated rings. The van der Waals surface area contributed by atoms with E-state index in [2.05, 4.69) is 72.7 Å². The molecule has 5 nitrogen and oxygen atoms in total. The summed E-state index contributed by atoms with van der Waals surface area (Å²) in [6.45, 7) is 4.05. The molecule has 2 aromatic rings. The second-order valence-electron chi connectivity index (χ2n) is 7.24. The Bertz CT molecular complexity index is 655. The minimum Gasteiger partial charge on any atom is -0.372 e. The van der Waals surface area contributed by atoms with Crippen LogP contribution in [-0.2, 0) is 11.8 Å². The van der Waals surface area contributed by atoms with Crippen molar-refractivity contribution in [3.05, 3.63) is 53.9 Å². The third kappa shape index (κ3) is 4.11. The fourth-order valence-corrected chi connectivity index (χ4v) is 3.97. The van der Waals surface area contributed by atoms with E-state index in [1.54, 1.807) is 0 Å². The number of hydrogen-bond acceptors (Lipinski definition) is 4. The molecular formula is C20H30N4O. The third-order valence-corrected chi connectivity index (χ3v) is 5.24. The molecule has 2 heterocycles. The average Bonchev–Trinajstić information content (AvgIpc) is 3.22. The van der Waals surface area contributed by atoms with Crippen LogP contribution in [0.15, 0.2) is 42.6 Å². The number of rotatable bonds is 7. The molecule has 0 saturated carbocycles. The molecule has 0 spiro atoms. The number of ether oxygens (including phenoxy) is 1. The first-order valence-corrected chi connectivity index (χ1v) is 9.12. The van der Waals surface area contributed by atoms with E-state index in [0.717, 1.165) is 19.6 Å². The van der Waals surface area contributed by atoms with Gasteiger partial charge in [-0.3, -0.25) is 4.68 Å². The predicted octanol–water partition coefficient (Wildman–Crippen LogP) is 2.78. The van der Waals surface area contributed by atoms with Crippen molar-refractivity contribution < 1.29 is 4.74 Å². The predicted molar refractivity (Wildman–Crippen MR) is 100 cm³/mol. The zero-order chi connectivity index (χ0) is 17.8. The summed E-state index contributed by atoms with van der Waals surface area (Å²) in [5.41, 5.74) is 2.52. The Labute approximate surface area is 151 Å².